The first-order valence-corrected chi connectivity index (χ1v) is 10.2. The van der Waals surface area contributed by atoms with Crippen molar-refractivity contribution < 1.29 is 25.2 Å². The van der Waals surface area contributed by atoms with E-state index in [2.05, 4.69) is 52.5 Å². The van der Waals surface area contributed by atoms with Crippen molar-refractivity contribution in [2.45, 2.75) is 26.2 Å². The standard InChI is InChI=1S/C8H18OSi2.C2H3.Pt/c1-7-11(6,8-2)9-10(3,4)5;1-2;/h7-8H,1-2H2,3-6H3;1H,2H2;/q;-1;. The van der Waals surface area contributed by atoms with Crippen molar-refractivity contribution in [3.8, 4) is 0 Å². The Morgan fingerprint density at radius 2 is 1.29 bits per heavy atom. The summed E-state index contributed by atoms with van der Waals surface area (Å²) in [7, 11) is -3.16. The van der Waals surface area contributed by atoms with Crippen molar-refractivity contribution in [2.75, 3.05) is 0 Å². The Morgan fingerprint density at radius 3 is 1.36 bits per heavy atom. The molecule has 0 saturated carbocycles. The molecule has 0 aromatic rings. The second kappa shape index (κ2) is 8.60. The van der Waals surface area contributed by atoms with E-state index in [1.807, 2.05) is 11.4 Å². The second-order valence-electron chi connectivity index (χ2n) is 3.81. The van der Waals surface area contributed by atoms with Crippen molar-refractivity contribution in [1.29, 1.82) is 0 Å². The van der Waals surface area contributed by atoms with E-state index < -0.39 is 16.6 Å². The maximum Gasteiger partial charge on any atom is 0.226 e. The predicted octanol–water partition coefficient (Wildman–Crippen LogP) is 3.47. The normalized spacial score (nSPS) is 10.3. The summed E-state index contributed by atoms with van der Waals surface area (Å²) in [6.45, 7) is 23.2. The molecule has 0 bridgehead atoms. The van der Waals surface area contributed by atoms with Crippen LogP contribution in [0.1, 0.15) is 0 Å². The molecule has 0 aromatic heterocycles. The van der Waals surface area contributed by atoms with Crippen LogP contribution in [0.2, 0.25) is 26.2 Å². The van der Waals surface area contributed by atoms with E-state index in [0.29, 0.717) is 0 Å². The summed E-state index contributed by atoms with van der Waals surface area (Å²) >= 11 is 0. The summed E-state index contributed by atoms with van der Waals surface area (Å²) in [4.78, 5) is 0. The predicted molar refractivity (Wildman–Crippen MR) is 66.4 cm³/mol. The zero-order valence-corrected chi connectivity index (χ0v) is 13.9. The van der Waals surface area contributed by atoms with Crippen LogP contribution in [0, 0.1) is 6.58 Å². The van der Waals surface area contributed by atoms with Gasteiger partial charge in [0.25, 0.3) is 0 Å². The van der Waals surface area contributed by atoms with Gasteiger partial charge in [-0.15, -0.1) is 13.2 Å². The van der Waals surface area contributed by atoms with E-state index in [-0.39, 0.29) is 21.1 Å². The molecule has 1 nitrogen and oxygen atoms in total. The summed E-state index contributed by atoms with van der Waals surface area (Å²) < 4.78 is 5.97. The van der Waals surface area contributed by atoms with E-state index in [9.17, 15) is 0 Å². The van der Waals surface area contributed by atoms with Gasteiger partial charge in [-0.25, -0.2) is 0 Å². The van der Waals surface area contributed by atoms with Gasteiger partial charge >= 0.3 is 0 Å². The van der Waals surface area contributed by atoms with Crippen molar-refractivity contribution in [3.63, 3.8) is 0 Å². The first-order chi connectivity index (χ1) is 5.83. The zero-order valence-electron chi connectivity index (χ0n) is 9.58. The van der Waals surface area contributed by atoms with Crippen LogP contribution in [0.5, 0.6) is 0 Å². The third-order valence-electron chi connectivity index (χ3n) is 1.34. The van der Waals surface area contributed by atoms with Gasteiger partial charge in [0, 0.05) is 21.1 Å². The second-order valence-corrected chi connectivity index (χ2v) is 12.0. The average Bonchev–Trinajstić information content (AvgIpc) is 2.05. The summed E-state index contributed by atoms with van der Waals surface area (Å²) in [5.41, 5.74) is 3.86. The van der Waals surface area contributed by atoms with Gasteiger partial charge in [-0.3, -0.25) is 6.58 Å². The molecule has 0 aliphatic carbocycles. The molecular formula is C10H21OPtSi2-. The molecule has 0 fully saturated rings. The largest absolute Gasteiger partial charge is 0.521 e. The fraction of sp³-hybridized carbons (Fsp3) is 0.400. The van der Waals surface area contributed by atoms with E-state index in [0.717, 1.165) is 0 Å². The van der Waals surface area contributed by atoms with E-state index in [1.54, 1.807) is 0 Å². The molecule has 0 N–H and O–H groups in total. The molecule has 0 unspecified atom stereocenters. The fourth-order valence-corrected chi connectivity index (χ4v) is 6.94. The van der Waals surface area contributed by atoms with Crippen molar-refractivity contribution in [1.82, 2.24) is 0 Å². The third kappa shape index (κ3) is 10.4. The molecule has 0 radical (unpaired) electrons. The van der Waals surface area contributed by atoms with E-state index in [4.69, 9.17) is 4.12 Å². The van der Waals surface area contributed by atoms with Gasteiger partial charge in [0.2, 0.25) is 8.32 Å². The molecule has 0 amide bonds. The van der Waals surface area contributed by atoms with Crippen molar-refractivity contribution in [3.05, 3.63) is 37.7 Å². The van der Waals surface area contributed by atoms with Crippen LogP contribution >= 0.6 is 0 Å². The summed E-state index contributed by atoms with van der Waals surface area (Å²) in [6.07, 6.45) is 0. The minimum absolute atomic E-state index is 0. The van der Waals surface area contributed by atoms with Crippen LogP contribution in [-0.4, -0.2) is 16.6 Å². The van der Waals surface area contributed by atoms with Crippen LogP contribution in [-0.2, 0) is 25.2 Å². The van der Waals surface area contributed by atoms with Gasteiger partial charge < -0.3 is 10.7 Å². The Hall–Kier alpha value is 0.302. The van der Waals surface area contributed by atoms with Crippen LogP contribution in [0.3, 0.4) is 0 Å². The Labute approximate surface area is 105 Å². The molecule has 4 heteroatoms. The molecule has 0 aliphatic rings. The Morgan fingerprint density at radius 1 is 1.00 bits per heavy atom. The summed E-state index contributed by atoms with van der Waals surface area (Å²) in [6, 6.07) is 0. The van der Waals surface area contributed by atoms with Gasteiger partial charge in [0.05, 0.1) is 0 Å². The molecule has 0 aromatic carbocycles. The summed E-state index contributed by atoms with van der Waals surface area (Å²) in [5, 5.41) is 0. The molecule has 86 valence electrons. The molecular weight excluding hydrogens is 387 g/mol. The maximum atomic E-state index is 5.97. The smallest absolute Gasteiger partial charge is 0.226 e. The summed E-state index contributed by atoms with van der Waals surface area (Å²) in [5.74, 6) is 0. The molecule has 0 saturated heterocycles. The topological polar surface area (TPSA) is 9.23 Å². The van der Waals surface area contributed by atoms with E-state index >= 15 is 0 Å². The van der Waals surface area contributed by atoms with Crippen molar-refractivity contribution >= 4 is 16.6 Å². The van der Waals surface area contributed by atoms with Gasteiger partial charge in [0.15, 0.2) is 8.32 Å². The van der Waals surface area contributed by atoms with Gasteiger partial charge in [-0.05, 0) is 26.2 Å². The Bertz CT molecular complexity index is 167. The van der Waals surface area contributed by atoms with Crippen LogP contribution < -0.4 is 0 Å². The Balaban J connectivity index is -0.000000376. The fourth-order valence-electron chi connectivity index (χ4n) is 0.826. The van der Waals surface area contributed by atoms with Gasteiger partial charge in [-0.1, -0.05) is 11.4 Å². The maximum absolute atomic E-state index is 5.97. The number of rotatable bonds is 4. The minimum Gasteiger partial charge on any atom is -0.521 e. The number of hydrogen-bond acceptors (Lipinski definition) is 1. The third-order valence-corrected chi connectivity index (χ3v) is 7.17. The molecule has 0 atom stereocenters. The molecule has 0 rings (SSSR count). The van der Waals surface area contributed by atoms with Crippen LogP contribution in [0.25, 0.3) is 0 Å². The number of hydrogen-bond donors (Lipinski definition) is 0. The molecule has 0 spiro atoms. The average molecular weight is 409 g/mol. The first-order valence-electron chi connectivity index (χ1n) is 4.21. The van der Waals surface area contributed by atoms with Crippen molar-refractivity contribution in [2.24, 2.45) is 0 Å². The van der Waals surface area contributed by atoms with Gasteiger partial charge in [-0.2, -0.15) is 0 Å². The Kier molecular flexibility index (Phi) is 12.2. The van der Waals surface area contributed by atoms with Gasteiger partial charge in [0.1, 0.15) is 0 Å². The van der Waals surface area contributed by atoms with E-state index in [1.165, 1.54) is 0 Å². The molecule has 0 aliphatic heterocycles. The monoisotopic (exact) mass is 408 g/mol. The van der Waals surface area contributed by atoms with Crippen LogP contribution in [0.15, 0.2) is 31.1 Å². The minimum atomic E-state index is -1.74. The van der Waals surface area contributed by atoms with Crippen LogP contribution in [0.4, 0.5) is 0 Å². The molecule has 14 heavy (non-hydrogen) atoms. The SMILES string of the molecule is C=C[Si](C)(C=C)O[Si](C)(C)C.[CH-]=C.[Pt]. The quantitative estimate of drug-likeness (QED) is 0.511. The zero-order chi connectivity index (χ0) is 11.1. The molecule has 0 heterocycles. The first kappa shape index (κ1) is 19.8.